The number of ether oxygens (including phenoxy) is 1. The largest absolute Gasteiger partial charge is 0.378 e. The first-order chi connectivity index (χ1) is 14.3. The van der Waals surface area contributed by atoms with Crippen molar-refractivity contribution in [1.29, 1.82) is 0 Å². The number of piperidine rings is 1. The summed E-state index contributed by atoms with van der Waals surface area (Å²) in [5.41, 5.74) is 4.61. The van der Waals surface area contributed by atoms with Crippen LogP contribution < -0.4 is 9.80 Å². The molecule has 0 N–H and O–H groups in total. The Kier molecular flexibility index (Phi) is 4.81. The van der Waals surface area contributed by atoms with Gasteiger partial charge in [0, 0.05) is 49.7 Å². The summed E-state index contributed by atoms with van der Waals surface area (Å²) in [6.45, 7) is 4.56. The molecule has 0 radical (unpaired) electrons. The highest BCUT2D eigenvalue weighted by atomic mass is 16.5. The van der Waals surface area contributed by atoms with Gasteiger partial charge in [0.2, 0.25) is 0 Å². The van der Waals surface area contributed by atoms with Crippen LogP contribution in [0.1, 0.15) is 12.8 Å². The monoisotopic (exact) mass is 389 g/mol. The van der Waals surface area contributed by atoms with E-state index in [1.807, 2.05) is 11.0 Å². The maximum atomic E-state index is 12.0. The molecule has 2 aliphatic rings. The van der Waals surface area contributed by atoms with Crippen molar-refractivity contribution in [3.63, 3.8) is 0 Å². The molecule has 1 aromatic carbocycles. The number of carbonyl (C=O) groups is 1. The van der Waals surface area contributed by atoms with Crippen molar-refractivity contribution in [3.05, 3.63) is 42.7 Å². The van der Waals surface area contributed by atoms with E-state index in [-0.39, 0.29) is 5.78 Å². The molecule has 29 heavy (non-hydrogen) atoms. The van der Waals surface area contributed by atoms with Crippen molar-refractivity contribution < 1.29 is 9.53 Å². The molecule has 0 bridgehead atoms. The number of hydrogen-bond acceptors (Lipinski definition) is 7. The molecule has 0 saturated carbocycles. The minimum atomic E-state index is 0.246. The summed E-state index contributed by atoms with van der Waals surface area (Å²) >= 11 is 0. The van der Waals surface area contributed by atoms with Crippen molar-refractivity contribution >= 4 is 28.3 Å². The van der Waals surface area contributed by atoms with Crippen molar-refractivity contribution in [2.45, 2.75) is 12.8 Å². The van der Waals surface area contributed by atoms with Crippen LogP contribution in [0.2, 0.25) is 0 Å². The lowest BCUT2D eigenvalue weighted by Crippen LogP contribution is -2.36. The lowest BCUT2D eigenvalue weighted by Gasteiger charge is -2.29. The minimum absolute atomic E-state index is 0.246. The van der Waals surface area contributed by atoms with Gasteiger partial charge in [0.25, 0.3) is 0 Å². The topological polar surface area (TPSA) is 71.5 Å². The summed E-state index contributed by atoms with van der Waals surface area (Å²) in [6.07, 6.45) is 4.86. The second-order valence-electron chi connectivity index (χ2n) is 7.47. The number of Topliss-reactive ketones (excluding diaryl/α,β-unsaturated/α-hetero) is 1. The number of fused-ring (bicyclic) bond motifs is 1. The predicted octanol–water partition coefficient (Wildman–Crippen LogP) is 2.70. The number of nitrogens with zero attached hydrogens (tertiary/aromatic N) is 5. The maximum Gasteiger partial charge on any atom is 0.157 e. The molecule has 2 saturated heterocycles. The van der Waals surface area contributed by atoms with Gasteiger partial charge in [-0.25, -0.2) is 9.97 Å². The third-order valence-corrected chi connectivity index (χ3v) is 5.53. The van der Waals surface area contributed by atoms with E-state index in [0.717, 1.165) is 67.4 Å². The molecule has 0 amide bonds. The average Bonchev–Trinajstić information content (AvgIpc) is 2.79. The predicted molar refractivity (Wildman–Crippen MR) is 112 cm³/mol. The Hall–Kier alpha value is -3.06. The Balaban J connectivity index is 1.52. The van der Waals surface area contributed by atoms with Crippen LogP contribution in [0.15, 0.2) is 42.7 Å². The summed E-state index contributed by atoms with van der Waals surface area (Å²) in [5.74, 6) is 0.992. The first-order valence-electron chi connectivity index (χ1n) is 10.1. The number of hydrogen-bond donors (Lipinski definition) is 0. The zero-order chi connectivity index (χ0) is 19.6. The van der Waals surface area contributed by atoms with Crippen LogP contribution in [-0.4, -0.2) is 60.1 Å². The first kappa shape index (κ1) is 18.0. The maximum absolute atomic E-state index is 12.0. The number of rotatable bonds is 3. The Morgan fingerprint density at radius 1 is 0.931 bits per heavy atom. The van der Waals surface area contributed by atoms with Gasteiger partial charge < -0.3 is 14.5 Å². The summed E-state index contributed by atoms with van der Waals surface area (Å²) in [5, 5.41) is 0. The van der Waals surface area contributed by atoms with Crippen molar-refractivity contribution in [2.24, 2.45) is 0 Å². The van der Waals surface area contributed by atoms with Gasteiger partial charge in [0.15, 0.2) is 11.6 Å². The van der Waals surface area contributed by atoms with Crippen molar-refractivity contribution in [2.75, 3.05) is 49.2 Å². The molecule has 0 spiro atoms. The van der Waals surface area contributed by atoms with Gasteiger partial charge in [-0.05, 0) is 24.6 Å². The summed E-state index contributed by atoms with van der Waals surface area (Å²) in [6, 6.07) is 10.4. The summed E-state index contributed by atoms with van der Waals surface area (Å²) in [7, 11) is 0. The number of carbonyl (C=O) groups excluding carboxylic acids is 1. The Morgan fingerprint density at radius 3 is 2.52 bits per heavy atom. The van der Waals surface area contributed by atoms with E-state index >= 15 is 0 Å². The zero-order valence-electron chi connectivity index (χ0n) is 16.3. The van der Waals surface area contributed by atoms with Gasteiger partial charge in [0.1, 0.15) is 5.52 Å². The number of morpholine rings is 1. The van der Waals surface area contributed by atoms with Gasteiger partial charge in [-0.2, -0.15) is 0 Å². The van der Waals surface area contributed by atoms with Crippen LogP contribution in [0.5, 0.6) is 0 Å². The normalized spacial score (nSPS) is 17.7. The summed E-state index contributed by atoms with van der Waals surface area (Å²) in [4.78, 5) is 30.3. The van der Waals surface area contributed by atoms with Crippen molar-refractivity contribution in [1.82, 2.24) is 15.0 Å². The quantitative estimate of drug-likeness (QED) is 0.682. The van der Waals surface area contributed by atoms with Crippen molar-refractivity contribution in [3.8, 4) is 11.3 Å². The number of anilines is 2. The third kappa shape index (κ3) is 3.65. The number of ketones is 1. The van der Waals surface area contributed by atoms with Crippen LogP contribution in [0.25, 0.3) is 22.3 Å². The highest BCUT2D eigenvalue weighted by molar-refractivity contribution is 5.92. The average molecular weight is 389 g/mol. The first-order valence-corrected chi connectivity index (χ1v) is 10.1. The van der Waals surface area contributed by atoms with E-state index in [1.54, 1.807) is 12.4 Å². The Bertz CT molecular complexity index is 1030. The van der Waals surface area contributed by atoms with E-state index in [2.05, 4.69) is 39.1 Å². The van der Waals surface area contributed by atoms with E-state index in [1.165, 1.54) is 5.69 Å². The molecule has 2 aromatic heterocycles. The molecule has 148 valence electrons. The second kappa shape index (κ2) is 7.75. The Morgan fingerprint density at radius 2 is 1.72 bits per heavy atom. The highest BCUT2D eigenvalue weighted by Crippen LogP contribution is 2.30. The molecule has 3 aromatic rings. The van der Waals surface area contributed by atoms with E-state index < -0.39 is 0 Å². The van der Waals surface area contributed by atoms with Gasteiger partial charge in [-0.1, -0.05) is 12.1 Å². The molecular formula is C22H23N5O2. The molecule has 0 atom stereocenters. The lowest BCUT2D eigenvalue weighted by molar-refractivity contribution is -0.118. The number of benzene rings is 1. The van der Waals surface area contributed by atoms with E-state index in [4.69, 9.17) is 9.72 Å². The van der Waals surface area contributed by atoms with Crippen LogP contribution in [0.3, 0.4) is 0 Å². The van der Waals surface area contributed by atoms with Gasteiger partial charge in [0.05, 0.1) is 31.0 Å². The number of aromatic nitrogens is 3. The standard InChI is InChI=1S/C22H23N5O2/c28-18-2-1-9-27(15-18)22-21-20(23-7-8-24-21)14-19(25-22)16-3-5-17(6-4-16)26-10-12-29-13-11-26/h3-8,14H,1-2,9-13,15H2. The molecular weight excluding hydrogens is 366 g/mol. The lowest BCUT2D eigenvalue weighted by atomic mass is 10.1. The molecule has 5 rings (SSSR count). The fourth-order valence-electron chi connectivity index (χ4n) is 4.01. The molecule has 2 aliphatic heterocycles. The molecule has 4 heterocycles. The van der Waals surface area contributed by atoms with Gasteiger partial charge in [-0.15, -0.1) is 0 Å². The highest BCUT2D eigenvalue weighted by Gasteiger charge is 2.22. The van der Waals surface area contributed by atoms with Crippen LogP contribution in [-0.2, 0) is 9.53 Å². The number of pyridine rings is 1. The second-order valence-corrected chi connectivity index (χ2v) is 7.47. The SMILES string of the molecule is O=C1CCCN(c2nc(-c3ccc(N4CCOCC4)cc3)cc3nccnc23)C1. The third-order valence-electron chi connectivity index (χ3n) is 5.53. The van der Waals surface area contributed by atoms with E-state index in [9.17, 15) is 4.79 Å². The smallest absolute Gasteiger partial charge is 0.157 e. The van der Waals surface area contributed by atoms with Crippen LogP contribution >= 0.6 is 0 Å². The van der Waals surface area contributed by atoms with Crippen LogP contribution in [0.4, 0.5) is 11.5 Å². The van der Waals surface area contributed by atoms with Gasteiger partial charge in [-0.3, -0.25) is 9.78 Å². The van der Waals surface area contributed by atoms with Gasteiger partial charge >= 0.3 is 0 Å². The Labute approximate surface area is 169 Å². The van der Waals surface area contributed by atoms with Crippen LogP contribution in [0, 0.1) is 0 Å². The minimum Gasteiger partial charge on any atom is -0.378 e. The van der Waals surface area contributed by atoms with E-state index in [0.29, 0.717) is 13.0 Å². The molecule has 7 heteroatoms. The fraction of sp³-hybridized carbons (Fsp3) is 0.364. The zero-order valence-corrected chi connectivity index (χ0v) is 16.3. The molecule has 0 unspecified atom stereocenters. The molecule has 0 aliphatic carbocycles. The summed E-state index contributed by atoms with van der Waals surface area (Å²) < 4.78 is 5.44. The molecule has 2 fully saturated rings. The molecule has 7 nitrogen and oxygen atoms in total. The fourth-order valence-corrected chi connectivity index (χ4v) is 4.01.